The molecule has 0 saturated carbocycles. The van der Waals surface area contributed by atoms with E-state index in [9.17, 15) is 0 Å². The van der Waals surface area contributed by atoms with Gasteiger partial charge in [-0.25, -0.2) is 0 Å². The van der Waals surface area contributed by atoms with Crippen LogP contribution >= 0.6 is 0 Å². The highest BCUT2D eigenvalue weighted by atomic mass is 15.0. The van der Waals surface area contributed by atoms with Gasteiger partial charge in [0.15, 0.2) is 0 Å². The Labute approximate surface area is 109 Å². The van der Waals surface area contributed by atoms with E-state index >= 15 is 0 Å². The molecule has 2 atom stereocenters. The summed E-state index contributed by atoms with van der Waals surface area (Å²) in [7, 11) is 0. The molecule has 0 heterocycles. The first kappa shape index (κ1) is 16.9. The molecule has 3 N–H and O–H groups in total. The fourth-order valence-electron chi connectivity index (χ4n) is 2.41. The van der Waals surface area contributed by atoms with Crippen molar-refractivity contribution in [3.05, 3.63) is 0 Å². The third-order valence-corrected chi connectivity index (χ3v) is 4.21. The predicted molar refractivity (Wildman–Crippen MR) is 78.3 cm³/mol. The molecule has 0 spiro atoms. The minimum atomic E-state index is 0.358. The Morgan fingerprint density at radius 2 is 1.53 bits per heavy atom. The van der Waals surface area contributed by atoms with E-state index in [2.05, 4.69) is 39.9 Å². The first-order valence-corrected chi connectivity index (χ1v) is 7.50. The van der Waals surface area contributed by atoms with E-state index in [1.54, 1.807) is 0 Å². The number of rotatable bonds is 10. The second kappa shape index (κ2) is 8.93. The molecule has 2 heteroatoms. The van der Waals surface area contributed by atoms with Gasteiger partial charge in [0.1, 0.15) is 0 Å². The van der Waals surface area contributed by atoms with Crippen molar-refractivity contribution in [2.45, 2.75) is 84.7 Å². The SMILES string of the molecule is CCC(CC)(CC)NCC(C)CCCC(C)N. The van der Waals surface area contributed by atoms with Crippen molar-refractivity contribution in [1.82, 2.24) is 5.32 Å². The molecule has 0 saturated heterocycles. The van der Waals surface area contributed by atoms with Crippen LogP contribution in [0.3, 0.4) is 0 Å². The number of nitrogens with two attached hydrogens (primary N) is 1. The highest BCUT2D eigenvalue weighted by Crippen LogP contribution is 2.20. The Morgan fingerprint density at radius 3 is 1.94 bits per heavy atom. The topological polar surface area (TPSA) is 38.0 Å². The van der Waals surface area contributed by atoms with Crippen molar-refractivity contribution in [1.29, 1.82) is 0 Å². The lowest BCUT2D eigenvalue weighted by Gasteiger charge is -2.33. The fraction of sp³-hybridized carbons (Fsp3) is 1.00. The van der Waals surface area contributed by atoms with Gasteiger partial charge in [-0.3, -0.25) is 0 Å². The van der Waals surface area contributed by atoms with Crippen molar-refractivity contribution in [2.24, 2.45) is 11.7 Å². The van der Waals surface area contributed by atoms with Crippen molar-refractivity contribution in [2.75, 3.05) is 6.54 Å². The zero-order valence-corrected chi connectivity index (χ0v) is 12.7. The van der Waals surface area contributed by atoms with E-state index in [1.165, 1.54) is 32.1 Å². The van der Waals surface area contributed by atoms with Gasteiger partial charge < -0.3 is 11.1 Å². The predicted octanol–water partition coefficient (Wildman–Crippen LogP) is 3.70. The summed E-state index contributed by atoms with van der Waals surface area (Å²) in [6.45, 7) is 12.5. The fourth-order valence-corrected chi connectivity index (χ4v) is 2.41. The van der Waals surface area contributed by atoms with Crippen LogP contribution in [0.2, 0.25) is 0 Å². The second-order valence-electron chi connectivity index (χ2n) is 5.74. The monoisotopic (exact) mass is 242 g/mol. The zero-order valence-electron chi connectivity index (χ0n) is 12.7. The molecule has 17 heavy (non-hydrogen) atoms. The maximum Gasteiger partial charge on any atom is 0.0173 e. The van der Waals surface area contributed by atoms with Crippen molar-refractivity contribution in [3.8, 4) is 0 Å². The lowest BCUT2D eigenvalue weighted by molar-refractivity contribution is 0.268. The highest BCUT2D eigenvalue weighted by molar-refractivity contribution is 4.84. The van der Waals surface area contributed by atoms with E-state index in [-0.39, 0.29) is 0 Å². The summed E-state index contributed by atoms with van der Waals surface area (Å²) >= 11 is 0. The quantitative estimate of drug-likeness (QED) is 0.613. The molecular weight excluding hydrogens is 208 g/mol. The molecule has 0 rings (SSSR count). The van der Waals surface area contributed by atoms with Crippen LogP contribution in [-0.2, 0) is 0 Å². The van der Waals surface area contributed by atoms with Gasteiger partial charge in [0.2, 0.25) is 0 Å². The molecule has 0 radical (unpaired) electrons. The number of nitrogens with one attached hydrogen (secondary N) is 1. The Balaban J connectivity index is 3.84. The van der Waals surface area contributed by atoms with Gasteiger partial charge in [-0.1, -0.05) is 34.1 Å². The summed E-state index contributed by atoms with van der Waals surface area (Å²) < 4.78 is 0. The van der Waals surface area contributed by atoms with Crippen LogP contribution in [0.15, 0.2) is 0 Å². The molecule has 0 aliphatic rings. The van der Waals surface area contributed by atoms with E-state index < -0.39 is 0 Å². The van der Waals surface area contributed by atoms with Crippen LogP contribution in [0.1, 0.15) is 73.1 Å². The molecule has 0 aromatic heterocycles. The Morgan fingerprint density at radius 1 is 1.00 bits per heavy atom. The van der Waals surface area contributed by atoms with Crippen molar-refractivity contribution < 1.29 is 0 Å². The molecule has 0 bridgehead atoms. The minimum Gasteiger partial charge on any atom is -0.328 e. The summed E-state index contributed by atoms with van der Waals surface area (Å²) in [5, 5.41) is 3.79. The molecule has 2 nitrogen and oxygen atoms in total. The van der Waals surface area contributed by atoms with Crippen LogP contribution in [0.25, 0.3) is 0 Å². The van der Waals surface area contributed by atoms with Crippen LogP contribution in [0, 0.1) is 5.92 Å². The van der Waals surface area contributed by atoms with Gasteiger partial charge >= 0.3 is 0 Å². The van der Waals surface area contributed by atoms with Crippen LogP contribution in [0.5, 0.6) is 0 Å². The normalized spacial score (nSPS) is 15.9. The van der Waals surface area contributed by atoms with Gasteiger partial charge in [-0.05, 0) is 51.5 Å². The van der Waals surface area contributed by atoms with Crippen LogP contribution in [-0.4, -0.2) is 18.1 Å². The van der Waals surface area contributed by atoms with Gasteiger partial charge in [0.25, 0.3) is 0 Å². The standard InChI is InChI=1S/C15H34N2/c1-6-15(7-2,8-3)17-12-13(4)10-9-11-14(5)16/h13-14,17H,6-12,16H2,1-5H3. The van der Waals surface area contributed by atoms with Crippen LogP contribution in [0.4, 0.5) is 0 Å². The maximum atomic E-state index is 5.77. The van der Waals surface area contributed by atoms with Crippen molar-refractivity contribution in [3.63, 3.8) is 0 Å². The van der Waals surface area contributed by atoms with E-state index in [0.29, 0.717) is 11.6 Å². The summed E-state index contributed by atoms with van der Waals surface area (Å²) in [6, 6.07) is 0.358. The average Bonchev–Trinajstić information content (AvgIpc) is 2.31. The first-order valence-electron chi connectivity index (χ1n) is 7.50. The first-order chi connectivity index (χ1) is 7.99. The lowest BCUT2D eigenvalue weighted by atomic mass is 9.89. The third kappa shape index (κ3) is 7.05. The molecule has 0 aliphatic carbocycles. The van der Waals surface area contributed by atoms with Crippen LogP contribution < -0.4 is 11.1 Å². The lowest BCUT2D eigenvalue weighted by Crippen LogP contribution is -2.45. The molecular formula is C15H34N2. The minimum absolute atomic E-state index is 0.358. The molecule has 104 valence electrons. The Kier molecular flexibility index (Phi) is 8.89. The maximum absolute atomic E-state index is 5.77. The molecule has 0 fully saturated rings. The zero-order chi connectivity index (χ0) is 13.3. The summed E-state index contributed by atoms with van der Waals surface area (Å²) in [6.07, 6.45) is 7.40. The van der Waals surface area contributed by atoms with E-state index in [0.717, 1.165) is 18.9 Å². The van der Waals surface area contributed by atoms with E-state index in [1.807, 2.05) is 0 Å². The van der Waals surface area contributed by atoms with Crippen molar-refractivity contribution >= 4 is 0 Å². The van der Waals surface area contributed by atoms with Gasteiger partial charge in [0.05, 0.1) is 0 Å². The molecule has 2 unspecified atom stereocenters. The summed E-state index contributed by atoms with van der Waals surface area (Å²) in [5.74, 6) is 0.762. The molecule has 0 aliphatic heterocycles. The van der Waals surface area contributed by atoms with E-state index in [4.69, 9.17) is 5.73 Å². The molecule has 0 aromatic carbocycles. The number of hydrogen-bond donors (Lipinski definition) is 2. The second-order valence-corrected chi connectivity index (χ2v) is 5.74. The van der Waals surface area contributed by atoms with Gasteiger partial charge in [-0.2, -0.15) is 0 Å². The van der Waals surface area contributed by atoms with Gasteiger partial charge in [0, 0.05) is 11.6 Å². The third-order valence-electron chi connectivity index (χ3n) is 4.21. The Bertz CT molecular complexity index is 165. The Hall–Kier alpha value is -0.0800. The smallest absolute Gasteiger partial charge is 0.0173 e. The number of hydrogen-bond acceptors (Lipinski definition) is 2. The van der Waals surface area contributed by atoms with Gasteiger partial charge in [-0.15, -0.1) is 0 Å². The highest BCUT2D eigenvalue weighted by Gasteiger charge is 2.23. The molecule has 0 aromatic rings. The summed E-state index contributed by atoms with van der Waals surface area (Å²) in [4.78, 5) is 0. The molecule has 0 amide bonds. The largest absolute Gasteiger partial charge is 0.328 e. The average molecular weight is 242 g/mol. The summed E-state index contributed by atoms with van der Waals surface area (Å²) in [5.41, 5.74) is 6.14.